The molecule has 0 aliphatic rings. The van der Waals surface area contributed by atoms with Gasteiger partial charge in [0.15, 0.2) is 0 Å². The summed E-state index contributed by atoms with van der Waals surface area (Å²) in [5.74, 6) is 0. The third-order valence-electron chi connectivity index (χ3n) is 21.8. The smallest absolute Gasteiger partial charge is 0.0184 e. The van der Waals surface area contributed by atoms with E-state index < -0.39 is 0 Å². The van der Waals surface area contributed by atoms with Gasteiger partial charge in [-0.15, -0.1) is 26.3 Å². The SMILES string of the molecule is C=CCCc1ccc(-c2ccc(CCc3ccc(CCC=CC)cc3)cc2)cc1.C=CCCc1ccc(CCc2ccc(-c3ccc(CCC=C)cc3)cc2)cc1.C=CCCc1ccc(CCc2ccc(-c3ccc(CCC=CC)cc3)cc2)cc1.CC=CCCc1ccc(CCc2ccc(-c3ccc(CCC=CC)cc3)cc2)cc1. The second kappa shape index (κ2) is 52.1. The highest BCUT2D eigenvalue weighted by atomic mass is 14.1. The highest BCUT2D eigenvalue weighted by molar-refractivity contribution is 5.67. The van der Waals surface area contributed by atoms with Crippen molar-refractivity contribution in [2.75, 3.05) is 0 Å². The quantitative estimate of drug-likeness (QED) is 0.0336. The first kappa shape index (κ1) is 88.5. The maximum Gasteiger partial charge on any atom is -0.0184 e. The molecule has 12 aromatic carbocycles. The topological polar surface area (TPSA) is 0 Å². The highest BCUT2D eigenvalue weighted by Crippen LogP contribution is 2.28. The Bertz CT molecular complexity index is 4840. The van der Waals surface area contributed by atoms with E-state index in [1.54, 1.807) is 0 Å². The van der Waals surface area contributed by atoms with Crippen molar-refractivity contribution >= 4 is 0 Å². The molecular formula is C116H128. The van der Waals surface area contributed by atoms with Crippen molar-refractivity contribution in [2.45, 2.75) is 182 Å². The zero-order valence-electron chi connectivity index (χ0n) is 70.4. The summed E-state index contributed by atoms with van der Waals surface area (Å²) in [7, 11) is 0. The van der Waals surface area contributed by atoms with Crippen molar-refractivity contribution in [1.29, 1.82) is 0 Å². The molecule has 0 saturated heterocycles. The van der Waals surface area contributed by atoms with Crippen molar-refractivity contribution in [3.8, 4) is 44.5 Å². The van der Waals surface area contributed by atoms with E-state index in [2.05, 4.69) is 394 Å². The van der Waals surface area contributed by atoms with E-state index in [9.17, 15) is 0 Å². The molecule has 0 heterocycles. The van der Waals surface area contributed by atoms with Crippen molar-refractivity contribution in [2.24, 2.45) is 0 Å². The van der Waals surface area contributed by atoms with Crippen LogP contribution in [0, 0.1) is 0 Å². The lowest BCUT2D eigenvalue weighted by Crippen LogP contribution is -1.92. The second-order valence-corrected chi connectivity index (χ2v) is 30.6. The van der Waals surface area contributed by atoms with Crippen molar-refractivity contribution < 1.29 is 0 Å². The molecule has 592 valence electrons. The van der Waals surface area contributed by atoms with Gasteiger partial charge in [0.25, 0.3) is 0 Å². The van der Waals surface area contributed by atoms with Gasteiger partial charge in [-0.1, -0.05) is 364 Å². The molecule has 0 fully saturated rings. The first-order valence-electron chi connectivity index (χ1n) is 43.1. The molecule has 0 aliphatic heterocycles. The van der Waals surface area contributed by atoms with E-state index in [0.717, 1.165) is 154 Å². The second-order valence-electron chi connectivity index (χ2n) is 30.6. The molecule has 12 aromatic rings. The van der Waals surface area contributed by atoms with Crippen LogP contribution in [-0.4, -0.2) is 0 Å². The Kier molecular flexibility index (Phi) is 39.8. The van der Waals surface area contributed by atoms with E-state index in [0.29, 0.717) is 0 Å². The van der Waals surface area contributed by atoms with E-state index >= 15 is 0 Å². The van der Waals surface area contributed by atoms with E-state index in [1.807, 2.05) is 24.3 Å². The molecule has 116 heavy (non-hydrogen) atoms. The van der Waals surface area contributed by atoms with E-state index in [-0.39, 0.29) is 0 Å². The molecule has 0 heteroatoms. The molecule has 0 atom stereocenters. The minimum absolute atomic E-state index is 1.03. The summed E-state index contributed by atoms with van der Waals surface area (Å²) >= 11 is 0. The van der Waals surface area contributed by atoms with Gasteiger partial charge < -0.3 is 0 Å². The van der Waals surface area contributed by atoms with Gasteiger partial charge in [-0.2, -0.15) is 0 Å². The number of benzene rings is 12. The summed E-state index contributed by atoms with van der Waals surface area (Å²) in [6.07, 6.45) is 51.4. The lowest BCUT2D eigenvalue weighted by Gasteiger charge is -2.07. The largest absolute Gasteiger partial charge is 0.103 e. The third-order valence-corrected chi connectivity index (χ3v) is 21.8. The van der Waals surface area contributed by atoms with Crippen LogP contribution in [0.4, 0.5) is 0 Å². The number of hydrogen-bond acceptors (Lipinski definition) is 0. The molecule has 0 radical (unpaired) electrons. The van der Waals surface area contributed by atoms with Gasteiger partial charge in [-0.25, -0.2) is 0 Å². The number of rotatable bonds is 40. The lowest BCUT2D eigenvalue weighted by atomic mass is 9.98. The molecule has 0 bridgehead atoms. The normalized spacial score (nSPS) is 11.1. The Hall–Kier alpha value is -11.4. The minimum Gasteiger partial charge on any atom is -0.103 e. The van der Waals surface area contributed by atoms with Crippen LogP contribution in [0.5, 0.6) is 0 Å². The molecule has 0 spiro atoms. The van der Waals surface area contributed by atoms with Crippen LogP contribution in [0.1, 0.15) is 168 Å². The molecule has 12 rings (SSSR count). The summed E-state index contributed by atoms with van der Waals surface area (Å²) in [4.78, 5) is 0. The maximum atomic E-state index is 3.80. The highest BCUT2D eigenvalue weighted by Gasteiger charge is 2.08. The minimum atomic E-state index is 1.03. The van der Waals surface area contributed by atoms with Gasteiger partial charge in [0.1, 0.15) is 0 Å². The Balaban J connectivity index is 0.000000177. The molecular weight excluding hydrogens is 1390 g/mol. The zero-order valence-corrected chi connectivity index (χ0v) is 70.4. The van der Waals surface area contributed by atoms with Gasteiger partial charge in [-0.05, 0) is 315 Å². The van der Waals surface area contributed by atoms with E-state index in [1.165, 1.54) is 134 Å². The maximum absolute atomic E-state index is 3.80. The van der Waals surface area contributed by atoms with Crippen LogP contribution in [0.15, 0.2) is 390 Å². The molecule has 0 aromatic heterocycles. The average molecular weight is 1520 g/mol. The fourth-order valence-electron chi connectivity index (χ4n) is 14.3. The predicted molar refractivity (Wildman–Crippen MR) is 510 cm³/mol. The molecule has 0 saturated carbocycles. The zero-order chi connectivity index (χ0) is 81.3. The lowest BCUT2D eigenvalue weighted by molar-refractivity contribution is 0.951. The fraction of sp³-hybridized carbons (Fsp3) is 0.241. The summed E-state index contributed by atoms with van der Waals surface area (Å²) in [5, 5.41) is 0. The van der Waals surface area contributed by atoms with Crippen molar-refractivity contribution in [1.82, 2.24) is 0 Å². The summed E-state index contributed by atoms with van der Waals surface area (Å²) in [5.41, 5.74) is 32.7. The summed E-state index contributed by atoms with van der Waals surface area (Å²) in [6.45, 7) is 23.5. The first-order valence-corrected chi connectivity index (χ1v) is 43.1. The van der Waals surface area contributed by atoms with Crippen LogP contribution < -0.4 is 0 Å². The number of hydrogen-bond donors (Lipinski definition) is 0. The molecule has 0 nitrogen and oxygen atoms in total. The van der Waals surface area contributed by atoms with Crippen LogP contribution in [0.25, 0.3) is 44.5 Å². The predicted octanol–water partition coefficient (Wildman–Crippen LogP) is 31.1. The van der Waals surface area contributed by atoms with Gasteiger partial charge >= 0.3 is 0 Å². The van der Waals surface area contributed by atoms with E-state index in [4.69, 9.17) is 0 Å². The van der Waals surface area contributed by atoms with Gasteiger partial charge in [0.05, 0.1) is 0 Å². The third kappa shape index (κ3) is 32.4. The van der Waals surface area contributed by atoms with Crippen LogP contribution >= 0.6 is 0 Å². The molecule has 0 amide bonds. The monoisotopic (exact) mass is 1520 g/mol. The van der Waals surface area contributed by atoms with Gasteiger partial charge in [0, 0.05) is 0 Å². The Morgan fingerprint density at radius 3 is 0.336 bits per heavy atom. The fourth-order valence-corrected chi connectivity index (χ4v) is 14.3. The first-order chi connectivity index (χ1) is 57.1. The number of allylic oxidation sites excluding steroid dienone is 12. The average Bonchev–Trinajstić information content (AvgIpc) is 0.851. The molecule has 0 N–H and O–H groups in total. The van der Waals surface area contributed by atoms with Crippen molar-refractivity contribution in [3.63, 3.8) is 0 Å². The van der Waals surface area contributed by atoms with Crippen LogP contribution in [0.3, 0.4) is 0 Å². The van der Waals surface area contributed by atoms with Crippen LogP contribution in [-0.2, 0) is 103 Å². The Morgan fingerprint density at radius 1 is 0.138 bits per heavy atom. The van der Waals surface area contributed by atoms with Crippen LogP contribution in [0.2, 0.25) is 0 Å². The molecule has 0 unspecified atom stereocenters. The van der Waals surface area contributed by atoms with Crippen molar-refractivity contribution in [3.05, 3.63) is 479 Å². The summed E-state index contributed by atoms with van der Waals surface area (Å²) in [6, 6.07) is 108. The van der Waals surface area contributed by atoms with Gasteiger partial charge in [-0.3, -0.25) is 0 Å². The Labute approximate surface area is 701 Å². The molecule has 0 aliphatic carbocycles. The summed E-state index contributed by atoms with van der Waals surface area (Å²) < 4.78 is 0. The van der Waals surface area contributed by atoms with Gasteiger partial charge in [0.2, 0.25) is 0 Å². The number of aryl methyl sites for hydroxylation is 16. The standard InChI is InChI=1S/C30H34.2C29H32.C28H30/c1-3-5-7-9-25-11-13-27(14-12-25)15-16-28-19-23-30(24-20-28)29-21-17-26(18-22-29)10-8-6-4-2;1-3-5-7-9-25-10-12-26(13-11-25)14-15-27-18-22-29(23-19-27)28-20-16-24(17-21-28)8-6-4-2;1-3-5-7-9-25-16-20-28(21-17-25)29-22-18-27(19-23-29)15-14-26-12-10-24(11-13-26)8-6-4-2;1-3-5-7-23-9-11-25(12-10-23)13-14-26-17-21-28(22-18-26)27-19-15-24(16-20-27)8-6-4-2/h3-6,11-14,17-24H,7-10,15-16H2,1-2H3;2*3-5,10-13,16-23H,2,6-9,14-15H2,1H3;3-4,9-12,15-22H,1-2,5-8,13-14H2. The Morgan fingerprint density at radius 2 is 0.233 bits per heavy atom.